The van der Waals surface area contributed by atoms with Crippen molar-refractivity contribution in [3.63, 3.8) is 0 Å². The van der Waals surface area contributed by atoms with Crippen LogP contribution in [0.25, 0.3) is 11.5 Å². The fraction of sp³-hybridized carbons (Fsp3) is 0.188. The molecule has 0 aliphatic heterocycles. The van der Waals surface area contributed by atoms with Crippen LogP contribution in [0.5, 0.6) is 0 Å². The van der Waals surface area contributed by atoms with E-state index < -0.39 is 0 Å². The lowest BCUT2D eigenvalue weighted by molar-refractivity contribution is -0.121. The van der Waals surface area contributed by atoms with Gasteiger partial charge in [-0.2, -0.15) is 0 Å². The second kappa shape index (κ2) is 6.71. The molecule has 0 spiro atoms. The monoisotopic (exact) mass is 297 g/mol. The maximum Gasteiger partial charge on any atom is 0.247 e. The van der Waals surface area contributed by atoms with Crippen molar-refractivity contribution in [2.45, 2.75) is 19.4 Å². The molecule has 0 fully saturated rings. The number of carbonyl (C=O) groups excluding carboxylic acids is 1. The lowest BCUT2D eigenvalue weighted by Crippen LogP contribution is -2.22. The first-order valence-electron chi connectivity index (χ1n) is 6.98. The van der Waals surface area contributed by atoms with Crippen molar-refractivity contribution in [2.75, 3.05) is 0 Å². The summed E-state index contributed by atoms with van der Waals surface area (Å²) in [4.78, 5) is 11.7. The molecule has 22 heavy (non-hydrogen) atoms. The van der Waals surface area contributed by atoms with Crippen LogP contribution in [0.2, 0.25) is 0 Å². The van der Waals surface area contributed by atoms with E-state index in [9.17, 15) is 4.79 Å². The summed E-state index contributed by atoms with van der Waals surface area (Å²) < 4.78 is 10.7. The van der Waals surface area contributed by atoms with Gasteiger partial charge in [0.15, 0.2) is 0 Å². The van der Waals surface area contributed by atoms with Crippen LogP contribution in [0.4, 0.5) is 0 Å². The molecule has 2 aromatic heterocycles. The molecule has 2 heterocycles. The van der Waals surface area contributed by atoms with E-state index in [0.717, 1.165) is 11.3 Å². The molecule has 3 rings (SSSR count). The van der Waals surface area contributed by atoms with Crippen molar-refractivity contribution in [3.05, 3.63) is 60.4 Å². The highest BCUT2D eigenvalue weighted by atomic mass is 16.4. The molecule has 1 aromatic carbocycles. The van der Waals surface area contributed by atoms with Crippen molar-refractivity contribution in [2.24, 2.45) is 0 Å². The largest absolute Gasteiger partial charge is 0.467 e. The molecule has 0 bridgehead atoms. The summed E-state index contributed by atoms with van der Waals surface area (Å²) in [6.45, 7) is 0.380. The number of nitrogens with zero attached hydrogens (tertiary/aromatic N) is 2. The molecule has 6 heteroatoms. The van der Waals surface area contributed by atoms with Gasteiger partial charge in [0.1, 0.15) is 5.76 Å². The Kier molecular flexibility index (Phi) is 4.29. The standard InChI is InChI=1S/C16H15N3O3/c20-14(17-11-13-7-4-10-21-13)8-9-15-18-19-16(22-15)12-5-2-1-3-6-12/h1-7,10H,8-9,11H2,(H,17,20). The maximum absolute atomic E-state index is 11.7. The minimum Gasteiger partial charge on any atom is -0.467 e. The number of rotatable bonds is 6. The van der Waals surface area contributed by atoms with Gasteiger partial charge in [-0.3, -0.25) is 4.79 Å². The van der Waals surface area contributed by atoms with E-state index in [0.29, 0.717) is 24.7 Å². The second-order valence-corrected chi connectivity index (χ2v) is 4.72. The van der Waals surface area contributed by atoms with E-state index in [4.69, 9.17) is 8.83 Å². The minimum atomic E-state index is -0.0872. The number of nitrogens with one attached hydrogen (secondary N) is 1. The van der Waals surface area contributed by atoms with Gasteiger partial charge in [-0.05, 0) is 24.3 Å². The smallest absolute Gasteiger partial charge is 0.247 e. The molecule has 1 amide bonds. The van der Waals surface area contributed by atoms with Crippen molar-refractivity contribution >= 4 is 5.91 Å². The molecule has 112 valence electrons. The van der Waals surface area contributed by atoms with Crippen molar-refractivity contribution in [1.82, 2.24) is 15.5 Å². The molecule has 0 saturated carbocycles. The van der Waals surface area contributed by atoms with Crippen LogP contribution >= 0.6 is 0 Å². The summed E-state index contributed by atoms with van der Waals surface area (Å²) in [5.74, 6) is 1.55. The van der Waals surface area contributed by atoms with Crippen LogP contribution in [0.3, 0.4) is 0 Å². The Hall–Kier alpha value is -2.89. The fourth-order valence-corrected chi connectivity index (χ4v) is 1.96. The predicted octanol–water partition coefficient (Wildman–Crippen LogP) is 2.58. The van der Waals surface area contributed by atoms with Crippen LogP contribution < -0.4 is 5.32 Å². The van der Waals surface area contributed by atoms with E-state index in [1.165, 1.54) is 0 Å². The van der Waals surface area contributed by atoms with Crippen LogP contribution in [0, 0.1) is 0 Å². The summed E-state index contributed by atoms with van der Waals surface area (Å²) in [5.41, 5.74) is 0.864. The van der Waals surface area contributed by atoms with Gasteiger partial charge in [-0.25, -0.2) is 0 Å². The zero-order chi connectivity index (χ0) is 15.2. The van der Waals surface area contributed by atoms with Gasteiger partial charge in [0.05, 0.1) is 12.8 Å². The first kappa shape index (κ1) is 14.1. The van der Waals surface area contributed by atoms with Crippen LogP contribution in [-0.4, -0.2) is 16.1 Å². The third-order valence-electron chi connectivity index (χ3n) is 3.09. The Bertz CT molecular complexity index is 720. The molecule has 0 unspecified atom stereocenters. The highest BCUT2D eigenvalue weighted by Crippen LogP contribution is 2.17. The summed E-state index contributed by atoms with van der Waals surface area (Å²) in [7, 11) is 0. The maximum atomic E-state index is 11.7. The number of carbonyl (C=O) groups is 1. The van der Waals surface area contributed by atoms with Gasteiger partial charge in [-0.1, -0.05) is 18.2 Å². The molecule has 0 aliphatic rings. The van der Waals surface area contributed by atoms with Crippen molar-refractivity contribution in [3.8, 4) is 11.5 Å². The number of aromatic nitrogens is 2. The van der Waals surface area contributed by atoms with Crippen LogP contribution in [0.1, 0.15) is 18.1 Å². The highest BCUT2D eigenvalue weighted by molar-refractivity contribution is 5.75. The van der Waals surface area contributed by atoms with E-state index in [-0.39, 0.29) is 12.3 Å². The molecule has 6 nitrogen and oxygen atoms in total. The van der Waals surface area contributed by atoms with Gasteiger partial charge in [-0.15, -0.1) is 10.2 Å². The average molecular weight is 297 g/mol. The minimum absolute atomic E-state index is 0.0872. The SMILES string of the molecule is O=C(CCc1nnc(-c2ccccc2)o1)NCc1ccco1. The van der Waals surface area contributed by atoms with Crippen LogP contribution in [0.15, 0.2) is 57.6 Å². The van der Waals surface area contributed by atoms with Gasteiger partial charge in [0.25, 0.3) is 0 Å². The summed E-state index contributed by atoms with van der Waals surface area (Å²) in [6, 6.07) is 13.1. The molecule has 3 aromatic rings. The van der Waals surface area contributed by atoms with E-state index in [1.807, 2.05) is 36.4 Å². The van der Waals surface area contributed by atoms with Gasteiger partial charge >= 0.3 is 0 Å². The number of aryl methyl sites for hydroxylation is 1. The lowest BCUT2D eigenvalue weighted by atomic mass is 10.2. The lowest BCUT2D eigenvalue weighted by Gasteiger charge is -2.01. The number of hydrogen-bond acceptors (Lipinski definition) is 5. The molecular weight excluding hydrogens is 282 g/mol. The quantitative estimate of drug-likeness (QED) is 0.756. The Morgan fingerprint density at radius 2 is 1.95 bits per heavy atom. The molecular formula is C16H15N3O3. The van der Waals surface area contributed by atoms with Gasteiger partial charge in [0.2, 0.25) is 17.7 Å². The number of amides is 1. The van der Waals surface area contributed by atoms with E-state index in [1.54, 1.807) is 12.3 Å². The zero-order valence-electron chi connectivity index (χ0n) is 11.9. The van der Waals surface area contributed by atoms with Crippen molar-refractivity contribution in [1.29, 1.82) is 0 Å². The Morgan fingerprint density at radius 3 is 2.73 bits per heavy atom. The Balaban J connectivity index is 1.49. The highest BCUT2D eigenvalue weighted by Gasteiger charge is 2.10. The number of furan rings is 1. The number of benzene rings is 1. The fourth-order valence-electron chi connectivity index (χ4n) is 1.96. The summed E-state index contributed by atoms with van der Waals surface area (Å²) >= 11 is 0. The van der Waals surface area contributed by atoms with Gasteiger partial charge < -0.3 is 14.2 Å². The average Bonchev–Trinajstić information content (AvgIpc) is 3.23. The summed E-state index contributed by atoms with van der Waals surface area (Å²) in [6.07, 6.45) is 2.27. The van der Waals surface area contributed by atoms with E-state index >= 15 is 0 Å². The topological polar surface area (TPSA) is 81.2 Å². The number of hydrogen-bond donors (Lipinski definition) is 1. The Labute approximate surface area is 127 Å². The molecule has 1 N–H and O–H groups in total. The third kappa shape index (κ3) is 3.60. The molecule has 0 atom stereocenters. The van der Waals surface area contributed by atoms with Gasteiger partial charge in [0, 0.05) is 18.4 Å². The van der Waals surface area contributed by atoms with Crippen LogP contribution in [-0.2, 0) is 17.8 Å². The van der Waals surface area contributed by atoms with Crippen molar-refractivity contribution < 1.29 is 13.6 Å². The normalized spacial score (nSPS) is 10.5. The molecule has 0 radical (unpaired) electrons. The molecule has 0 aliphatic carbocycles. The summed E-state index contributed by atoms with van der Waals surface area (Å²) in [5, 5.41) is 10.7. The predicted molar refractivity (Wildman–Crippen MR) is 78.6 cm³/mol. The zero-order valence-corrected chi connectivity index (χ0v) is 11.9. The van der Waals surface area contributed by atoms with E-state index in [2.05, 4.69) is 15.5 Å². The first-order valence-corrected chi connectivity index (χ1v) is 6.98. The second-order valence-electron chi connectivity index (χ2n) is 4.72. The Morgan fingerprint density at radius 1 is 1.09 bits per heavy atom. The third-order valence-corrected chi connectivity index (χ3v) is 3.09. The molecule has 0 saturated heterocycles. The first-order chi connectivity index (χ1) is 10.8.